The lowest BCUT2D eigenvalue weighted by Gasteiger charge is -2.14. The van der Waals surface area contributed by atoms with Crippen LogP contribution in [0.15, 0.2) is 40.3 Å². The second-order valence-corrected chi connectivity index (χ2v) is 10.5. The normalized spacial score (nSPS) is 16.9. The molecule has 2 amide bonds. The van der Waals surface area contributed by atoms with E-state index in [1.807, 2.05) is 12.1 Å². The van der Waals surface area contributed by atoms with Gasteiger partial charge in [-0.15, -0.1) is 0 Å². The fourth-order valence-corrected chi connectivity index (χ4v) is 5.52. The number of nitrogens with one attached hydrogen (secondary N) is 2. The number of ether oxygens (including phenoxy) is 5. The highest BCUT2D eigenvalue weighted by atomic mass is 32.2. The van der Waals surface area contributed by atoms with Crippen molar-refractivity contribution in [1.29, 1.82) is 0 Å². The van der Waals surface area contributed by atoms with Crippen molar-refractivity contribution in [3.63, 3.8) is 0 Å². The second kappa shape index (κ2) is 11.6. The highest BCUT2D eigenvalue weighted by Gasteiger charge is 2.21. The zero-order valence-corrected chi connectivity index (χ0v) is 22.4. The number of hydrogen-bond acceptors (Lipinski definition) is 10. The van der Waals surface area contributed by atoms with Crippen LogP contribution in [0.1, 0.15) is 24.8 Å². The van der Waals surface area contributed by atoms with E-state index in [-0.39, 0.29) is 55.8 Å². The summed E-state index contributed by atoms with van der Waals surface area (Å²) in [6, 6.07) is 8.74. The summed E-state index contributed by atoms with van der Waals surface area (Å²) in [7, 11) is 0. The van der Waals surface area contributed by atoms with Gasteiger partial charge in [0.25, 0.3) is 5.56 Å². The van der Waals surface area contributed by atoms with Gasteiger partial charge in [-0.2, -0.15) is 0 Å². The molecule has 210 valence electrons. The van der Waals surface area contributed by atoms with Crippen molar-refractivity contribution < 1.29 is 33.3 Å². The Morgan fingerprint density at radius 1 is 0.975 bits per heavy atom. The van der Waals surface area contributed by atoms with Crippen LogP contribution >= 0.6 is 11.8 Å². The van der Waals surface area contributed by atoms with Crippen LogP contribution in [0.3, 0.4) is 0 Å². The molecular weight excluding hydrogens is 540 g/mol. The maximum Gasteiger partial charge on any atom is 0.262 e. The number of fused-ring (bicyclic) bond motifs is 3. The van der Waals surface area contributed by atoms with Gasteiger partial charge in [0.1, 0.15) is 0 Å². The van der Waals surface area contributed by atoms with E-state index in [4.69, 9.17) is 23.7 Å². The van der Waals surface area contributed by atoms with E-state index < -0.39 is 0 Å². The summed E-state index contributed by atoms with van der Waals surface area (Å²) in [6.07, 6.45) is 1.99. The summed E-state index contributed by atoms with van der Waals surface area (Å²) >= 11 is 1.14. The van der Waals surface area contributed by atoms with Gasteiger partial charge in [0.2, 0.25) is 25.4 Å². The van der Waals surface area contributed by atoms with E-state index in [0.29, 0.717) is 58.8 Å². The van der Waals surface area contributed by atoms with Crippen LogP contribution < -0.4 is 35.1 Å². The number of carbonyl (C=O) groups excluding carboxylic acids is 2. The molecule has 6 rings (SSSR count). The van der Waals surface area contributed by atoms with Gasteiger partial charge >= 0.3 is 0 Å². The number of benzene rings is 2. The van der Waals surface area contributed by atoms with Gasteiger partial charge in [0, 0.05) is 38.7 Å². The molecule has 0 saturated carbocycles. The van der Waals surface area contributed by atoms with Crippen molar-refractivity contribution in [2.24, 2.45) is 0 Å². The lowest BCUT2D eigenvalue weighted by molar-refractivity contribution is -0.121. The summed E-state index contributed by atoms with van der Waals surface area (Å²) in [4.78, 5) is 43.4. The molecule has 3 aromatic rings. The van der Waals surface area contributed by atoms with Crippen LogP contribution in [0.5, 0.6) is 23.0 Å². The Kier molecular flexibility index (Phi) is 7.64. The molecule has 2 aromatic carbocycles. The van der Waals surface area contributed by atoms with E-state index in [2.05, 4.69) is 15.6 Å². The lowest BCUT2D eigenvalue weighted by atomic mass is 10.2. The average molecular weight is 569 g/mol. The molecule has 1 atom stereocenters. The summed E-state index contributed by atoms with van der Waals surface area (Å²) in [6.45, 7) is 1.80. The van der Waals surface area contributed by atoms with Gasteiger partial charge in [-0.3, -0.25) is 19.0 Å². The highest BCUT2D eigenvalue weighted by molar-refractivity contribution is 7.99. The Hall–Kier alpha value is -3.97. The van der Waals surface area contributed by atoms with Crippen LogP contribution in [-0.2, 0) is 27.4 Å². The average Bonchev–Trinajstić information content (AvgIpc) is 3.74. The standard InChI is InChI=1S/C27H28N4O8S/c32-24(28-11-16-3-4-20-21(8-16)37-14-36-20)5-6-31-26(34)18-9-22-23(39-15-38-22)10-19(18)30-27(31)40-13-25(33)29-12-17-2-1-7-35-17/h3-4,8-10,17H,1-2,5-7,11-15H2,(H,28,32)(H,29,33)/t17-/m1/s1. The van der Waals surface area contributed by atoms with Crippen molar-refractivity contribution in [1.82, 2.24) is 20.2 Å². The first-order valence-electron chi connectivity index (χ1n) is 13.0. The molecule has 40 heavy (non-hydrogen) atoms. The molecule has 0 radical (unpaired) electrons. The number of aromatic nitrogens is 2. The van der Waals surface area contributed by atoms with Crippen LogP contribution in [0, 0.1) is 0 Å². The Morgan fingerprint density at radius 3 is 2.55 bits per heavy atom. The summed E-state index contributed by atoms with van der Waals surface area (Å²) < 4.78 is 28.6. The van der Waals surface area contributed by atoms with Crippen molar-refractivity contribution in [2.45, 2.75) is 43.6 Å². The largest absolute Gasteiger partial charge is 0.454 e. The minimum absolute atomic E-state index is 0.0337. The number of rotatable bonds is 10. The Labute approximate surface area is 233 Å². The molecule has 3 aliphatic heterocycles. The molecule has 0 aliphatic carbocycles. The third-order valence-corrected chi connectivity index (χ3v) is 7.76. The third-order valence-electron chi connectivity index (χ3n) is 6.79. The zero-order valence-electron chi connectivity index (χ0n) is 21.6. The predicted molar refractivity (Wildman–Crippen MR) is 144 cm³/mol. The van der Waals surface area contributed by atoms with Gasteiger partial charge in [-0.25, -0.2) is 4.98 Å². The van der Waals surface area contributed by atoms with Crippen LogP contribution in [-0.4, -0.2) is 60.0 Å². The first-order valence-corrected chi connectivity index (χ1v) is 14.0. The SMILES string of the molecule is O=C(CCn1c(SCC(=O)NC[C@H]2CCCO2)nc2cc3c(cc2c1=O)OCO3)NCc1ccc2c(c1)OCO2. The smallest absolute Gasteiger partial charge is 0.262 e. The van der Waals surface area contributed by atoms with Crippen molar-refractivity contribution in [3.05, 3.63) is 46.2 Å². The zero-order chi connectivity index (χ0) is 27.5. The first kappa shape index (κ1) is 26.3. The summed E-state index contributed by atoms with van der Waals surface area (Å²) in [5.41, 5.74) is 0.970. The second-order valence-electron chi connectivity index (χ2n) is 9.52. The van der Waals surface area contributed by atoms with E-state index >= 15 is 0 Å². The first-order chi connectivity index (χ1) is 19.5. The fraction of sp³-hybridized carbons (Fsp3) is 0.407. The maximum atomic E-state index is 13.5. The number of hydrogen-bond donors (Lipinski definition) is 2. The molecular formula is C27H28N4O8S. The predicted octanol–water partition coefficient (Wildman–Crippen LogP) is 1.95. The van der Waals surface area contributed by atoms with Gasteiger partial charge in [0.15, 0.2) is 28.2 Å². The number of nitrogens with zero attached hydrogens (tertiary/aromatic N) is 2. The minimum Gasteiger partial charge on any atom is -0.454 e. The van der Waals surface area contributed by atoms with Crippen molar-refractivity contribution >= 4 is 34.5 Å². The van der Waals surface area contributed by atoms with Crippen molar-refractivity contribution in [2.75, 3.05) is 32.5 Å². The summed E-state index contributed by atoms with van der Waals surface area (Å²) in [5, 5.41) is 6.44. The molecule has 1 saturated heterocycles. The van der Waals surface area contributed by atoms with Crippen LogP contribution in [0.25, 0.3) is 10.9 Å². The molecule has 0 spiro atoms. The van der Waals surface area contributed by atoms with E-state index in [0.717, 1.165) is 30.2 Å². The molecule has 0 unspecified atom stereocenters. The molecule has 4 heterocycles. The van der Waals surface area contributed by atoms with E-state index in [9.17, 15) is 14.4 Å². The maximum absolute atomic E-state index is 13.5. The quantitative estimate of drug-likeness (QED) is 0.276. The number of thioether (sulfide) groups is 1. The minimum atomic E-state index is -0.325. The van der Waals surface area contributed by atoms with Gasteiger partial charge in [0.05, 0.1) is 22.8 Å². The van der Waals surface area contributed by atoms with Gasteiger partial charge < -0.3 is 34.3 Å². The molecule has 13 heteroatoms. The molecule has 3 aliphatic rings. The van der Waals surface area contributed by atoms with E-state index in [1.165, 1.54) is 4.57 Å². The molecule has 1 fully saturated rings. The molecule has 12 nitrogen and oxygen atoms in total. The van der Waals surface area contributed by atoms with E-state index in [1.54, 1.807) is 18.2 Å². The number of carbonyl (C=O) groups is 2. The third kappa shape index (κ3) is 5.80. The highest BCUT2D eigenvalue weighted by Crippen LogP contribution is 2.35. The Balaban J connectivity index is 1.15. The van der Waals surface area contributed by atoms with Crippen LogP contribution in [0.2, 0.25) is 0 Å². The fourth-order valence-electron chi connectivity index (χ4n) is 4.67. The van der Waals surface area contributed by atoms with Crippen LogP contribution in [0.4, 0.5) is 0 Å². The molecule has 1 aromatic heterocycles. The topological polar surface area (TPSA) is 139 Å². The molecule has 2 N–H and O–H groups in total. The summed E-state index contributed by atoms with van der Waals surface area (Å²) in [5.74, 6) is 1.92. The monoisotopic (exact) mass is 568 g/mol. The number of amides is 2. The Bertz CT molecular complexity index is 1500. The molecule has 0 bridgehead atoms. The lowest BCUT2D eigenvalue weighted by Crippen LogP contribution is -2.33. The Morgan fingerprint density at radius 2 is 1.75 bits per heavy atom. The van der Waals surface area contributed by atoms with Gasteiger partial charge in [-0.05, 0) is 36.6 Å². The van der Waals surface area contributed by atoms with Crippen molar-refractivity contribution in [3.8, 4) is 23.0 Å². The van der Waals surface area contributed by atoms with Gasteiger partial charge in [-0.1, -0.05) is 17.8 Å².